The van der Waals surface area contributed by atoms with Crippen molar-refractivity contribution in [3.8, 4) is 22.8 Å². The van der Waals surface area contributed by atoms with Gasteiger partial charge in [0.25, 0.3) is 0 Å². The highest BCUT2D eigenvalue weighted by Crippen LogP contribution is 2.30. The summed E-state index contributed by atoms with van der Waals surface area (Å²) in [7, 11) is 0. The fourth-order valence-corrected chi connectivity index (χ4v) is 3.87. The molecule has 7 heteroatoms. The lowest BCUT2D eigenvalue weighted by Gasteiger charge is -2.12. The lowest BCUT2D eigenvalue weighted by molar-refractivity contribution is -0.115. The number of hydrogen-bond donors (Lipinski definition) is 2. The van der Waals surface area contributed by atoms with E-state index >= 15 is 0 Å². The number of rotatable bonds is 5. The largest absolute Gasteiger partial charge is 0.457 e. The quantitative estimate of drug-likeness (QED) is 0.219. The first-order chi connectivity index (χ1) is 17.1. The van der Waals surface area contributed by atoms with Crippen molar-refractivity contribution in [3.05, 3.63) is 102 Å². The number of fused-ring (bicyclic) bond motifs is 1. The van der Waals surface area contributed by atoms with Crippen LogP contribution in [0.3, 0.4) is 0 Å². The molecule has 2 heterocycles. The van der Waals surface area contributed by atoms with Crippen molar-refractivity contribution in [1.29, 1.82) is 0 Å². The third-order valence-corrected chi connectivity index (χ3v) is 5.63. The smallest absolute Gasteiger partial charge is 0.250 e. The van der Waals surface area contributed by atoms with E-state index in [1.54, 1.807) is 6.08 Å². The third-order valence-electron chi connectivity index (χ3n) is 5.43. The van der Waals surface area contributed by atoms with E-state index in [9.17, 15) is 4.79 Å². The highest BCUT2D eigenvalue weighted by atomic mass is 32.1. The molecule has 0 radical (unpaired) electrons. The lowest BCUT2D eigenvalue weighted by Crippen LogP contribution is -2.33. The molecule has 0 aliphatic heterocycles. The number of aromatic nitrogens is 1. The number of thiocarbonyl (C=S) groups is 1. The molecular weight excluding hydrogens is 458 g/mol. The number of anilines is 1. The number of oxazole rings is 1. The molecule has 0 saturated carbocycles. The normalized spacial score (nSPS) is 11.1. The molecule has 0 saturated heterocycles. The standard InChI is InChI=1S/C28H21N3O3S/c1-18-21(27-29-23-11-5-6-13-25(23)34-27)10-7-12-22(18)30-28(35)31-26(32)17-15-20-14-16-24(33-20)19-8-3-2-4-9-19/h2-17H,1H3,(H2,30,31,32,35)/b17-15+. The fourth-order valence-electron chi connectivity index (χ4n) is 3.66. The van der Waals surface area contributed by atoms with E-state index in [2.05, 4.69) is 15.6 Å². The Morgan fingerprint density at radius 3 is 2.54 bits per heavy atom. The summed E-state index contributed by atoms with van der Waals surface area (Å²) in [5, 5.41) is 5.92. The Morgan fingerprint density at radius 1 is 0.914 bits per heavy atom. The van der Waals surface area contributed by atoms with E-state index in [0.29, 0.717) is 11.7 Å². The second-order valence-electron chi connectivity index (χ2n) is 7.81. The van der Waals surface area contributed by atoms with Gasteiger partial charge < -0.3 is 14.2 Å². The summed E-state index contributed by atoms with van der Waals surface area (Å²) in [5.74, 6) is 1.46. The minimum absolute atomic E-state index is 0.182. The molecule has 35 heavy (non-hydrogen) atoms. The van der Waals surface area contributed by atoms with E-state index in [1.165, 1.54) is 6.08 Å². The van der Waals surface area contributed by atoms with Gasteiger partial charge in [-0.1, -0.05) is 48.5 Å². The lowest BCUT2D eigenvalue weighted by atomic mass is 10.1. The minimum Gasteiger partial charge on any atom is -0.457 e. The van der Waals surface area contributed by atoms with Gasteiger partial charge in [-0.3, -0.25) is 10.1 Å². The molecule has 172 valence electrons. The average molecular weight is 480 g/mol. The first kappa shape index (κ1) is 22.3. The monoisotopic (exact) mass is 479 g/mol. The predicted molar refractivity (Wildman–Crippen MR) is 142 cm³/mol. The molecule has 0 fully saturated rings. The summed E-state index contributed by atoms with van der Waals surface area (Å²) < 4.78 is 11.7. The van der Waals surface area contributed by atoms with Crippen LogP contribution in [0.1, 0.15) is 11.3 Å². The molecule has 5 rings (SSSR count). The molecule has 0 unspecified atom stereocenters. The first-order valence-electron chi connectivity index (χ1n) is 11.0. The molecule has 1 amide bonds. The number of nitrogens with one attached hydrogen (secondary N) is 2. The summed E-state index contributed by atoms with van der Waals surface area (Å²) in [5.41, 5.74) is 4.97. The Morgan fingerprint density at radius 2 is 1.71 bits per heavy atom. The van der Waals surface area contributed by atoms with Crippen LogP contribution in [0.25, 0.3) is 40.0 Å². The molecule has 0 aliphatic rings. The molecule has 5 aromatic rings. The maximum Gasteiger partial charge on any atom is 0.250 e. The average Bonchev–Trinajstić information content (AvgIpc) is 3.52. The molecule has 6 nitrogen and oxygen atoms in total. The van der Waals surface area contributed by atoms with Gasteiger partial charge in [0.1, 0.15) is 17.0 Å². The zero-order valence-corrected chi connectivity index (χ0v) is 19.6. The number of hydrogen-bond acceptors (Lipinski definition) is 5. The summed E-state index contributed by atoms with van der Waals surface area (Å²) in [4.78, 5) is 16.9. The van der Waals surface area contributed by atoms with Gasteiger partial charge in [-0.15, -0.1) is 0 Å². The van der Waals surface area contributed by atoms with Crippen LogP contribution < -0.4 is 10.6 Å². The number of amides is 1. The zero-order valence-electron chi connectivity index (χ0n) is 18.8. The van der Waals surface area contributed by atoms with Crippen LogP contribution in [-0.4, -0.2) is 16.0 Å². The topological polar surface area (TPSA) is 80.3 Å². The zero-order chi connectivity index (χ0) is 24.2. The van der Waals surface area contributed by atoms with E-state index in [1.807, 2.05) is 91.9 Å². The molecule has 3 aromatic carbocycles. The van der Waals surface area contributed by atoms with Crippen molar-refractivity contribution >= 4 is 46.1 Å². The highest BCUT2D eigenvalue weighted by molar-refractivity contribution is 7.80. The van der Waals surface area contributed by atoms with Crippen molar-refractivity contribution in [2.75, 3.05) is 5.32 Å². The van der Waals surface area contributed by atoms with Crippen molar-refractivity contribution in [2.24, 2.45) is 0 Å². The van der Waals surface area contributed by atoms with Crippen LogP contribution in [0, 0.1) is 6.92 Å². The number of nitrogens with zero attached hydrogens (tertiary/aromatic N) is 1. The number of carbonyl (C=O) groups excluding carboxylic acids is 1. The van der Waals surface area contributed by atoms with Crippen molar-refractivity contribution in [2.45, 2.75) is 6.92 Å². The second kappa shape index (κ2) is 9.79. The Balaban J connectivity index is 1.24. The van der Waals surface area contributed by atoms with Crippen LogP contribution >= 0.6 is 12.2 Å². The van der Waals surface area contributed by atoms with Gasteiger partial charge in [0.05, 0.1) is 0 Å². The summed E-state index contributed by atoms with van der Waals surface area (Å²) in [6.07, 6.45) is 2.98. The molecular formula is C28H21N3O3S. The predicted octanol–water partition coefficient (Wildman–Crippen LogP) is 6.59. The van der Waals surface area contributed by atoms with Gasteiger partial charge in [-0.05, 0) is 67.2 Å². The van der Waals surface area contributed by atoms with Gasteiger partial charge in [0.2, 0.25) is 11.8 Å². The van der Waals surface area contributed by atoms with Crippen LogP contribution in [0.2, 0.25) is 0 Å². The van der Waals surface area contributed by atoms with Crippen molar-refractivity contribution in [3.63, 3.8) is 0 Å². The third kappa shape index (κ3) is 5.05. The number of furan rings is 1. The van der Waals surface area contributed by atoms with Gasteiger partial charge >= 0.3 is 0 Å². The summed E-state index contributed by atoms with van der Waals surface area (Å²) in [6, 6.07) is 26.7. The van der Waals surface area contributed by atoms with Gasteiger partial charge in [-0.2, -0.15) is 0 Å². The first-order valence-corrected chi connectivity index (χ1v) is 11.4. The Bertz CT molecular complexity index is 1520. The van der Waals surface area contributed by atoms with Crippen molar-refractivity contribution < 1.29 is 13.6 Å². The summed E-state index contributed by atoms with van der Waals surface area (Å²) >= 11 is 5.34. The Hall–Kier alpha value is -4.49. The molecule has 0 atom stereocenters. The summed E-state index contributed by atoms with van der Waals surface area (Å²) in [6.45, 7) is 1.94. The van der Waals surface area contributed by atoms with Gasteiger partial charge in [0, 0.05) is 22.9 Å². The Labute approximate surface area is 207 Å². The van der Waals surface area contributed by atoms with E-state index in [-0.39, 0.29) is 11.0 Å². The van der Waals surface area contributed by atoms with Crippen LogP contribution in [0.4, 0.5) is 5.69 Å². The highest BCUT2D eigenvalue weighted by Gasteiger charge is 2.13. The van der Waals surface area contributed by atoms with E-state index in [4.69, 9.17) is 21.1 Å². The van der Waals surface area contributed by atoms with E-state index in [0.717, 1.165) is 39.2 Å². The van der Waals surface area contributed by atoms with Crippen molar-refractivity contribution in [1.82, 2.24) is 10.3 Å². The SMILES string of the molecule is Cc1c(NC(=S)NC(=O)/C=C/c2ccc(-c3ccccc3)o2)cccc1-c1nc2ccccc2o1. The number of para-hydroxylation sites is 2. The number of carbonyl (C=O) groups is 1. The molecule has 0 aliphatic carbocycles. The second-order valence-corrected chi connectivity index (χ2v) is 8.22. The molecule has 2 aromatic heterocycles. The van der Waals surface area contributed by atoms with Gasteiger partial charge in [0.15, 0.2) is 10.7 Å². The molecule has 2 N–H and O–H groups in total. The fraction of sp³-hybridized carbons (Fsp3) is 0.0357. The number of benzene rings is 3. The molecule has 0 spiro atoms. The minimum atomic E-state index is -0.368. The Kier molecular flexibility index (Phi) is 6.24. The van der Waals surface area contributed by atoms with Crippen LogP contribution in [0.15, 0.2) is 99.8 Å². The van der Waals surface area contributed by atoms with Crippen LogP contribution in [-0.2, 0) is 4.79 Å². The van der Waals surface area contributed by atoms with Crippen LogP contribution in [0.5, 0.6) is 0 Å². The maximum absolute atomic E-state index is 12.4. The van der Waals surface area contributed by atoms with Gasteiger partial charge in [-0.25, -0.2) is 4.98 Å². The maximum atomic E-state index is 12.4. The molecule has 0 bridgehead atoms. The van der Waals surface area contributed by atoms with E-state index < -0.39 is 0 Å².